The van der Waals surface area contributed by atoms with E-state index in [2.05, 4.69) is 22.2 Å². The number of hydrogen-bond acceptors (Lipinski definition) is 7. The third-order valence-electron chi connectivity index (χ3n) is 3.65. The van der Waals surface area contributed by atoms with Gasteiger partial charge in [0.25, 0.3) is 0 Å². The quantitative estimate of drug-likeness (QED) is 0.770. The van der Waals surface area contributed by atoms with E-state index in [9.17, 15) is 8.42 Å². The summed E-state index contributed by atoms with van der Waals surface area (Å²) in [5.74, 6) is 1.05. The average Bonchev–Trinajstić information content (AvgIpc) is 3.06. The minimum atomic E-state index is -3.48. The zero-order valence-corrected chi connectivity index (χ0v) is 14.1. The molecule has 0 bridgehead atoms. The van der Waals surface area contributed by atoms with Crippen LogP contribution in [0.4, 0.5) is 0 Å². The van der Waals surface area contributed by atoms with Crippen molar-refractivity contribution in [3.63, 3.8) is 0 Å². The van der Waals surface area contributed by atoms with Crippen LogP contribution in [0.25, 0.3) is 0 Å². The number of unbranched alkanes of at least 4 members (excludes halogenated alkanes) is 1. The molecule has 2 rings (SSSR count). The molecule has 2 aromatic heterocycles. The summed E-state index contributed by atoms with van der Waals surface area (Å²) in [6, 6.07) is 0. The van der Waals surface area contributed by atoms with Gasteiger partial charge in [0.05, 0.1) is 11.4 Å². The fraction of sp³-hybridized carbons (Fsp3) is 0.643. The van der Waals surface area contributed by atoms with Gasteiger partial charge in [-0.05, 0) is 27.2 Å². The lowest BCUT2D eigenvalue weighted by Gasteiger charge is -2.08. The summed E-state index contributed by atoms with van der Waals surface area (Å²) in [6.07, 6.45) is 2.65. The number of rotatable bonds is 7. The van der Waals surface area contributed by atoms with Gasteiger partial charge >= 0.3 is 0 Å². The molecule has 0 fully saturated rings. The maximum atomic E-state index is 12.5. The molecule has 2 aromatic rings. The lowest BCUT2D eigenvalue weighted by atomic mass is 10.2. The van der Waals surface area contributed by atoms with Crippen molar-refractivity contribution in [3.8, 4) is 0 Å². The van der Waals surface area contributed by atoms with E-state index in [1.807, 2.05) is 0 Å². The predicted molar refractivity (Wildman–Crippen MR) is 79.9 cm³/mol. The number of nitrogens with zero attached hydrogens (tertiary/aromatic N) is 3. The minimum Gasteiger partial charge on any atom is -0.361 e. The molecule has 2 heterocycles. The molecule has 0 aromatic carbocycles. The standard InChI is InChI=1S/C14H21N3O4S/c1-5-6-7-13-15-14(21-17-13)11(4)22(18,19)8-12-9(2)16-20-10(12)3/h11H,5-8H2,1-4H3/t11-/m1/s1. The molecule has 8 heteroatoms. The first-order valence-electron chi connectivity index (χ1n) is 7.31. The van der Waals surface area contributed by atoms with Gasteiger partial charge in [-0.25, -0.2) is 8.42 Å². The van der Waals surface area contributed by atoms with Gasteiger partial charge in [-0.15, -0.1) is 0 Å². The monoisotopic (exact) mass is 327 g/mol. The predicted octanol–water partition coefficient (Wildman–Crippen LogP) is 2.69. The topological polar surface area (TPSA) is 99.1 Å². The van der Waals surface area contributed by atoms with Gasteiger partial charge in [-0.3, -0.25) is 0 Å². The van der Waals surface area contributed by atoms with E-state index in [0.717, 1.165) is 12.8 Å². The van der Waals surface area contributed by atoms with Crippen molar-refractivity contribution in [2.45, 2.75) is 58.0 Å². The Kier molecular flexibility index (Phi) is 5.00. The summed E-state index contributed by atoms with van der Waals surface area (Å²) in [4.78, 5) is 4.19. The highest BCUT2D eigenvalue weighted by Crippen LogP contribution is 2.26. The molecule has 22 heavy (non-hydrogen) atoms. The van der Waals surface area contributed by atoms with Crippen molar-refractivity contribution >= 4 is 9.84 Å². The SMILES string of the molecule is CCCCc1noc([C@@H](C)S(=O)(=O)Cc2c(C)noc2C)n1. The summed E-state index contributed by atoms with van der Waals surface area (Å²) in [5, 5.41) is 6.76. The van der Waals surface area contributed by atoms with Crippen LogP contribution in [0.3, 0.4) is 0 Å². The van der Waals surface area contributed by atoms with Crippen molar-refractivity contribution in [2.75, 3.05) is 0 Å². The maximum absolute atomic E-state index is 12.5. The van der Waals surface area contributed by atoms with Gasteiger partial charge in [-0.1, -0.05) is 23.7 Å². The molecule has 0 aliphatic rings. The second kappa shape index (κ2) is 6.60. The molecule has 1 atom stereocenters. The Morgan fingerprint density at radius 2 is 1.91 bits per heavy atom. The zero-order valence-electron chi connectivity index (χ0n) is 13.3. The molecule has 0 aliphatic carbocycles. The summed E-state index contributed by atoms with van der Waals surface area (Å²) in [5.41, 5.74) is 1.18. The van der Waals surface area contributed by atoms with Crippen molar-refractivity contribution in [2.24, 2.45) is 0 Å². The molecule has 0 unspecified atom stereocenters. The van der Waals surface area contributed by atoms with Crippen molar-refractivity contribution in [1.29, 1.82) is 0 Å². The van der Waals surface area contributed by atoms with Crippen LogP contribution >= 0.6 is 0 Å². The lowest BCUT2D eigenvalue weighted by molar-refractivity contribution is 0.370. The third-order valence-corrected chi connectivity index (χ3v) is 5.62. The van der Waals surface area contributed by atoms with Crippen LogP contribution in [0.15, 0.2) is 9.05 Å². The number of sulfone groups is 1. The molecular weight excluding hydrogens is 306 g/mol. The van der Waals surface area contributed by atoms with E-state index in [0.29, 0.717) is 29.3 Å². The van der Waals surface area contributed by atoms with Gasteiger partial charge in [0.1, 0.15) is 11.0 Å². The van der Waals surface area contributed by atoms with Gasteiger partial charge < -0.3 is 9.05 Å². The highest BCUT2D eigenvalue weighted by atomic mass is 32.2. The Bertz CT molecular complexity index is 714. The zero-order chi connectivity index (χ0) is 16.3. The first-order chi connectivity index (χ1) is 10.3. The number of aromatic nitrogens is 3. The van der Waals surface area contributed by atoms with Crippen LogP contribution in [0.2, 0.25) is 0 Å². The highest BCUT2D eigenvalue weighted by molar-refractivity contribution is 7.90. The van der Waals surface area contributed by atoms with E-state index < -0.39 is 15.1 Å². The molecular formula is C14H21N3O4S. The van der Waals surface area contributed by atoms with Gasteiger partial charge in [0, 0.05) is 12.0 Å². The first kappa shape index (κ1) is 16.7. The van der Waals surface area contributed by atoms with Crippen LogP contribution in [-0.4, -0.2) is 23.7 Å². The molecule has 0 amide bonds. The van der Waals surface area contributed by atoms with Crippen molar-refractivity contribution in [3.05, 3.63) is 28.7 Å². The Morgan fingerprint density at radius 1 is 1.18 bits per heavy atom. The fourth-order valence-corrected chi connectivity index (χ4v) is 3.52. The molecule has 0 aliphatic heterocycles. The maximum Gasteiger partial charge on any atom is 0.244 e. The summed E-state index contributed by atoms with van der Waals surface area (Å²) >= 11 is 0. The second-order valence-electron chi connectivity index (χ2n) is 5.40. The largest absolute Gasteiger partial charge is 0.361 e. The van der Waals surface area contributed by atoms with Gasteiger partial charge in [-0.2, -0.15) is 4.98 Å². The Morgan fingerprint density at radius 3 is 2.50 bits per heavy atom. The van der Waals surface area contributed by atoms with Gasteiger partial charge in [0.2, 0.25) is 5.89 Å². The van der Waals surface area contributed by atoms with Crippen LogP contribution in [0, 0.1) is 13.8 Å². The minimum absolute atomic E-state index is 0.137. The average molecular weight is 327 g/mol. The molecule has 0 saturated carbocycles. The Labute approximate surface area is 130 Å². The Hall–Kier alpha value is -1.70. The summed E-state index contributed by atoms with van der Waals surface area (Å²) in [7, 11) is -3.48. The van der Waals surface area contributed by atoms with E-state index in [4.69, 9.17) is 9.05 Å². The van der Waals surface area contributed by atoms with Crippen molar-refractivity contribution in [1.82, 2.24) is 15.3 Å². The molecule has 0 radical (unpaired) electrons. The molecule has 7 nitrogen and oxygen atoms in total. The summed E-state index contributed by atoms with van der Waals surface area (Å²) in [6.45, 7) is 7.05. The van der Waals surface area contributed by atoms with Crippen LogP contribution < -0.4 is 0 Å². The van der Waals surface area contributed by atoms with Crippen molar-refractivity contribution < 1.29 is 17.5 Å². The van der Waals surface area contributed by atoms with E-state index in [-0.39, 0.29) is 11.6 Å². The summed E-state index contributed by atoms with van der Waals surface area (Å²) < 4.78 is 35.2. The normalized spacial score (nSPS) is 13.5. The van der Waals surface area contributed by atoms with Crippen LogP contribution in [0.1, 0.15) is 60.7 Å². The highest BCUT2D eigenvalue weighted by Gasteiger charge is 2.30. The third kappa shape index (κ3) is 3.55. The van der Waals surface area contributed by atoms with E-state index in [1.165, 1.54) is 0 Å². The first-order valence-corrected chi connectivity index (χ1v) is 9.02. The smallest absolute Gasteiger partial charge is 0.244 e. The fourth-order valence-electron chi connectivity index (χ4n) is 2.06. The van der Waals surface area contributed by atoms with Gasteiger partial charge in [0.15, 0.2) is 15.7 Å². The molecule has 122 valence electrons. The number of hydrogen-bond donors (Lipinski definition) is 0. The molecule has 0 spiro atoms. The number of aryl methyl sites for hydroxylation is 3. The van der Waals surface area contributed by atoms with E-state index >= 15 is 0 Å². The lowest BCUT2D eigenvalue weighted by Crippen LogP contribution is -2.14. The molecule has 0 saturated heterocycles. The van der Waals surface area contributed by atoms with Crippen LogP contribution in [0.5, 0.6) is 0 Å². The van der Waals surface area contributed by atoms with E-state index in [1.54, 1.807) is 20.8 Å². The van der Waals surface area contributed by atoms with Crippen LogP contribution in [-0.2, 0) is 22.0 Å². The molecule has 0 N–H and O–H groups in total. The Balaban J connectivity index is 2.16. The second-order valence-corrected chi connectivity index (χ2v) is 7.73.